The van der Waals surface area contributed by atoms with E-state index in [-0.39, 0.29) is 0 Å². The molecule has 0 saturated heterocycles. The van der Waals surface area contributed by atoms with E-state index in [1.807, 2.05) is 38.1 Å². The third kappa shape index (κ3) is 6.83. The number of amides is 2. The molecule has 176 valence electrons. The third-order valence-corrected chi connectivity index (χ3v) is 5.29. The van der Waals surface area contributed by atoms with E-state index in [1.165, 1.54) is 11.8 Å². The molecule has 8 heteroatoms. The van der Waals surface area contributed by atoms with Crippen molar-refractivity contribution in [1.29, 1.82) is 0 Å². The second-order valence-corrected chi connectivity index (χ2v) is 7.89. The Labute approximate surface area is 203 Å². The maximum atomic E-state index is 12.1. The van der Waals surface area contributed by atoms with Crippen molar-refractivity contribution in [3.05, 3.63) is 87.9 Å². The minimum absolute atomic E-state index is 0.408. The number of benzene rings is 3. The maximum Gasteiger partial charge on any atom is 0.329 e. The van der Waals surface area contributed by atoms with Crippen LogP contribution in [0.5, 0.6) is 11.5 Å². The number of hydrogen-bond acceptors (Lipinski definition) is 5. The van der Waals surface area contributed by atoms with Crippen LogP contribution in [-0.2, 0) is 16.2 Å². The number of nitrogens with one attached hydrogen (secondary N) is 2. The van der Waals surface area contributed by atoms with E-state index in [4.69, 9.17) is 21.1 Å². The summed E-state index contributed by atoms with van der Waals surface area (Å²) in [5.41, 5.74) is 6.24. The maximum absolute atomic E-state index is 12.1. The van der Waals surface area contributed by atoms with Crippen molar-refractivity contribution in [3.8, 4) is 11.5 Å². The van der Waals surface area contributed by atoms with Gasteiger partial charge in [-0.3, -0.25) is 9.59 Å². The molecule has 0 radical (unpaired) electrons. The zero-order valence-electron chi connectivity index (χ0n) is 19.2. The molecule has 0 spiro atoms. The van der Waals surface area contributed by atoms with Gasteiger partial charge in [0.15, 0.2) is 11.5 Å². The van der Waals surface area contributed by atoms with Gasteiger partial charge in [0, 0.05) is 10.7 Å². The molecule has 0 aliphatic heterocycles. The van der Waals surface area contributed by atoms with Crippen LogP contribution in [0.4, 0.5) is 5.69 Å². The van der Waals surface area contributed by atoms with Crippen LogP contribution in [0.25, 0.3) is 0 Å². The molecular formula is C26H26ClN3O4. The molecule has 0 heterocycles. The number of aryl methyl sites for hydroxylation is 1. The highest BCUT2D eigenvalue weighted by Gasteiger charge is 2.14. The molecule has 7 nitrogen and oxygen atoms in total. The summed E-state index contributed by atoms with van der Waals surface area (Å²) in [6, 6.07) is 18.4. The lowest BCUT2D eigenvalue weighted by atomic mass is 10.2. The summed E-state index contributed by atoms with van der Waals surface area (Å²) in [6.07, 6.45) is 1.42. The van der Waals surface area contributed by atoms with Crippen LogP contribution in [-0.4, -0.2) is 24.6 Å². The second-order valence-electron chi connectivity index (χ2n) is 7.48. The van der Waals surface area contributed by atoms with Crippen LogP contribution in [0.1, 0.15) is 29.2 Å². The topological polar surface area (TPSA) is 89.0 Å². The number of ether oxygens (including phenoxy) is 2. The monoisotopic (exact) mass is 479 g/mol. The highest BCUT2D eigenvalue weighted by Crippen LogP contribution is 2.29. The van der Waals surface area contributed by atoms with E-state index in [0.717, 1.165) is 5.56 Å². The summed E-state index contributed by atoms with van der Waals surface area (Å²) in [5.74, 6) is -0.602. The summed E-state index contributed by atoms with van der Waals surface area (Å²) in [4.78, 5) is 24.2. The Morgan fingerprint density at radius 2 is 1.74 bits per heavy atom. The number of nitrogens with zero attached hydrogens (tertiary/aromatic N) is 1. The van der Waals surface area contributed by atoms with Crippen molar-refractivity contribution in [1.82, 2.24) is 5.43 Å². The Hall–Kier alpha value is -3.84. The van der Waals surface area contributed by atoms with Crippen molar-refractivity contribution < 1.29 is 19.1 Å². The van der Waals surface area contributed by atoms with Gasteiger partial charge < -0.3 is 14.8 Å². The summed E-state index contributed by atoms with van der Waals surface area (Å²) < 4.78 is 11.6. The van der Waals surface area contributed by atoms with E-state index in [9.17, 15) is 9.59 Å². The van der Waals surface area contributed by atoms with E-state index in [2.05, 4.69) is 15.8 Å². The van der Waals surface area contributed by atoms with Crippen LogP contribution in [0.15, 0.2) is 65.8 Å². The SMILES string of the molecule is CCOc1cc(/C=N/NC(=O)C(=O)Nc2cccc(Cl)c2C)ccc1OCc1ccc(C)cc1. The number of halogens is 1. The van der Waals surface area contributed by atoms with Gasteiger partial charge in [0.25, 0.3) is 0 Å². The smallest absolute Gasteiger partial charge is 0.329 e. The molecule has 0 saturated carbocycles. The molecule has 34 heavy (non-hydrogen) atoms. The normalized spacial score (nSPS) is 10.7. The molecule has 3 aromatic rings. The molecule has 0 fully saturated rings. The van der Waals surface area contributed by atoms with E-state index in [0.29, 0.717) is 46.5 Å². The first kappa shape index (κ1) is 24.8. The van der Waals surface area contributed by atoms with Crippen LogP contribution in [0, 0.1) is 13.8 Å². The Morgan fingerprint density at radius 3 is 2.47 bits per heavy atom. The first-order valence-corrected chi connectivity index (χ1v) is 11.1. The number of carbonyl (C=O) groups is 2. The van der Waals surface area contributed by atoms with Crippen molar-refractivity contribution in [2.24, 2.45) is 5.10 Å². The lowest BCUT2D eigenvalue weighted by molar-refractivity contribution is -0.136. The summed E-state index contributed by atoms with van der Waals surface area (Å²) >= 11 is 6.04. The molecule has 2 N–H and O–H groups in total. The molecule has 0 bridgehead atoms. The van der Waals surface area contributed by atoms with Gasteiger partial charge in [-0.15, -0.1) is 0 Å². The molecule has 3 aromatic carbocycles. The molecule has 3 rings (SSSR count). The molecule has 0 unspecified atom stereocenters. The van der Waals surface area contributed by atoms with Crippen LogP contribution < -0.4 is 20.2 Å². The van der Waals surface area contributed by atoms with E-state index < -0.39 is 11.8 Å². The molecular weight excluding hydrogens is 454 g/mol. The van der Waals surface area contributed by atoms with Gasteiger partial charge in [0.2, 0.25) is 0 Å². The fraction of sp³-hybridized carbons (Fsp3) is 0.192. The average molecular weight is 480 g/mol. The summed E-state index contributed by atoms with van der Waals surface area (Å²) in [6.45, 7) is 6.53. The number of rotatable bonds is 8. The van der Waals surface area contributed by atoms with Crippen LogP contribution >= 0.6 is 11.6 Å². The van der Waals surface area contributed by atoms with Gasteiger partial charge >= 0.3 is 11.8 Å². The highest BCUT2D eigenvalue weighted by atomic mass is 35.5. The zero-order chi connectivity index (χ0) is 24.5. The van der Waals surface area contributed by atoms with E-state index in [1.54, 1.807) is 43.3 Å². The number of anilines is 1. The van der Waals surface area contributed by atoms with Gasteiger partial charge in [-0.1, -0.05) is 47.5 Å². The minimum atomic E-state index is -0.904. The van der Waals surface area contributed by atoms with Gasteiger partial charge in [-0.2, -0.15) is 5.10 Å². The number of hydrogen-bond donors (Lipinski definition) is 2. The average Bonchev–Trinajstić information content (AvgIpc) is 2.82. The lowest BCUT2D eigenvalue weighted by Crippen LogP contribution is -2.32. The van der Waals surface area contributed by atoms with Gasteiger partial charge in [0.1, 0.15) is 6.61 Å². The number of carbonyl (C=O) groups excluding carboxylic acids is 2. The van der Waals surface area contributed by atoms with Gasteiger partial charge in [-0.05, 0) is 67.8 Å². The Balaban J connectivity index is 1.60. The fourth-order valence-corrected chi connectivity index (χ4v) is 3.15. The molecule has 2 amide bonds. The predicted octanol–water partition coefficient (Wildman–Crippen LogP) is 5.02. The van der Waals surface area contributed by atoms with Gasteiger partial charge in [-0.25, -0.2) is 5.43 Å². The predicted molar refractivity (Wildman–Crippen MR) is 134 cm³/mol. The number of hydrazone groups is 1. The fourth-order valence-electron chi connectivity index (χ4n) is 2.98. The van der Waals surface area contributed by atoms with Crippen molar-refractivity contribution >= 4 is 35.3 Å². The Bertz CT molecular complexity index is 1190. The first-order chi connectivity index (χ1) is 16.4. The highest BCUT2D eigenvalue weighted by molar-refractivity contribution is 6.40. The molecule has 0 aliphatic rings. The second kappa shape index (κ2) is 11.9. The van der Waals surface area contributed by atoms with Crippen molar-refractivity contribution in [3.63, 3.8) is 0 Å². The summed E-state index contributed by atoms with van der Waals surface area (Å²) in [7, 11) is 0. The Morgan fingerprint density at radius 1 is 0.971 bits per heavy atom. The standard InChI is InChI=1S/C26H26ClN3O4/c1-4-33-24-14-20(12-13-23(24)34-16-19-10-8-17(2)9-11-19)15-28-30-26(32)25(31)29-22-7-5-6-21(27)18(22)3/h5-15H,4,16H2,1-3H3,(H,29,31)(H,30,32)/b28-15+. The van der Waals surface area contributed by atoms with Crippen LogP contribution in [0.2, 0.25) is 5.02 Å². The largest absolute Gasteiger partial charge is 0.490 e. The summed E-state index contributed by atoms with van der Waals surface area (Å²) in [5, 5.41) is 6.88. The quantitative estimate of drug-likeness (QED) is 0.269. The molecule has 0 aromatic heterocycles. The first-order valence-electron chi connectivity index (χ1n) is 10.7. The van der Waals surface area contributed by atoms with Crippen LogP contribution in [0.3, 0.4) is 0 Å². The third-order valence-electron chi connectivity index (χ3n) is 4.88. The van der Waals surface area contributed by atoms with Crippen molar-refractivity contribution in [2.45, 2.75) is 27.4 Å². The Kier molecular flexibility index (Phi) is 8.65. The van der Waals surface area contributed by atoms with E-state index >= 15 is 0 Å². The van der Waals surface area contributed by atoms with Crippen molar-refractivity contribution in [2.75, 3.05) is 11.9 Å². The molecule has 0 aliphatic carbocycles. The lowest BCUT2D eigenvalue weighted by Gasteiger charge is -2.13. The van der Waals surface area contributed by atoms with Gasteiger partial charge in [0.05, 0.1) is 12.8 Å². The minimum Gasteiger partial charge on any atom is -0.490 e. The zero-order valence-corrected chi connectivity index (χ0v) is 20.0. The molecule has 0 atom stereocenters.